The Bertz CT molecular complexity index is 1580. The molecule has 7 nitrogen and oxygen atoms in total. The van der Waals surface area contributed by atoms with E-state index in [9.17, 15) is 19.5 Å². The Morgan fingerprint density at radius 2 is 1.59 bits per heavy atom. The molecule has 3 N–H and O–H groups in total. The minimum atomic E-state index is -0.886. The molecule has 7 heteroatoms. The Kier molecular flexibility index (Phi) is 10.00. The predicted octanol–water partition coefficient (Wildman–Crippen LogP) is 8.95. The number of hydrogen-bond donors (Lipinski definition) is 3. The summed E-state index contributed by atoms with van der Waals surface area (Å²) in [4.78, 5) is 39.3. The van der Waals surface area contributed by atoms with Gasteiger partial charge in [-0.2, -0.15) is 0 Å². The van der Waals surface area contributed by atoms with E-state index in [1.807, 2.05) is 19.1 Å². The SMILES string of the molecule is C=C(C)[C@@H]1CC[C@]2(C(=O)NCCN(CC)CCC(=O)O)CC[C@]3(C)C(CCC4[C@@]5(C)CC=C(c6ccc(C(=O)O)cc6)C(C)(C)C5CC[C@]43C)C12. The molecule has 4 unspecified atom stereocenters. The molecule has 0 aromatic heterocycles. The van der Waals surface area contributed by atoms with Crippen molar-refractivity contribution in [2.75, 3.05) is 26.2 Å². The van der Waals surface area contributed by atoms with Gasteiger partial charge in [0.25, 0.3) is 0 Å². The van der Waals surface area contributed by atoms with Gasteiger partial charge < -0.3 is 20.4 Å². The van der Waals surface area contributed by atoms with Crippen LogP contribution in [0.2, 0.25) is 0 Å². The highest BCUT2D eigenvalue weighted by atomic mass is 16.4. The zero-order valence-electron chi connectivity index (χ0n) is 32.4. The number of rotatable bonds is 11. The maximum Gasteiger partial charge on any atom is 0.335 e. The van der Waals surface area contributed by atoms with Crippen molar-refractivity contribution in [3.63, 3.8) is 0 Å². The number of nitrogens with zero attached hydrogens (tertiary/aromatic N) is 1. The summed E-state index contributed by atoms with van der Waals surface area (Å²) in [5, 5.41) is 22.0. The highest BCUT2D eigenvalue weighted by molar-refractivity contribution is 5.88. The first kappa shape index (κ1) is 37.8. The number of carbonyl (C=O) groups excluding carboxylic acids is 1. The average Bonchev–Trinajstić information content (AvgIpc) is 3.48. The lowest BCUT2D eigenvalue weighted by atomic mass is 9.32. The Hall–Kier alpha value is -2.93. The summed E-state index contributed by atoms with van der Waals surface area (Å²) >= 11 is 0. The number of benzene rings is 1. The van der Waals surface area contributed by atoms with Crippen molar-refractivity contribution in [1.82, 2.24) is 10.2 Å². The van der Waals surface area contributed by atoms with Gasteiger partial charge in [-0.25, -0.2) is 4.79 Å². The summed E-state index contributed by atoms with van der Waals surface area (Å²) in [5.41, 5.74) is 4.13. The van der Waals surface area contributed by atoms with Crippen LogP contribution in [0, 0.1) is 56.7 Å². The summed E-state index contributed by atoms with van der Waals surface area (Å²) < 4.78 is 0. The van der Waals surface area contributed by atoms with Crippen molar-refractivity contribution >= 4 is 23.4 Å². The van der Waals surface area contributed by atoms with E-state index in [4.69, 9.17) is 5.11 Å². The third kappa shape index (κ3) is 5.92. The summed E-state index contributed by atoms with van der Waals surface area (Å²) in [5.74, 6) is 0.806. The summed E-state index contributed by atoms with van der Waals surface area (Å²) in [7, 11) is 0. The molecule has 0 radical (unpaired) electrons. The van der Waals surface area contributed by atoms with Gasteiger partial charge in [-0.15, -0.1) is 0 Å². The lowest BCUT2D eigenvalue weighted by molar-refractivity contribution is -0.225. The number of aromatic carboxylic acids is 1. The van der Waals surface area contributed by atoms with Crippen LogP contribution in [0.1, 0.15) is 129 Å². The lowest BCUT2D eigenvalue weighted by Crippen LogP contribution is -2.66. The zero-order chi connectivity index (χ0) is 37.1. The van der Waals surface area contributed by atoms with Crippen LogP contribution in [-0.4, -0.2) is 59.1 Å². The summed E-state index contributed by atoms with van der Waals surface area (Å²) in [6.45, 7) is 23.9. The molecule has 1 aromatic rings. The van der Waals surface area contributed by atoms with Gasteiger partial charge in [0.15, 0.2) is 0 Å². The standard InChI is InChI=1S/C44H64N2O5/c1-9-46(26-19-36(47)48)27-25-45-39(51)44-22-16-31(28(2)3)37(44)33-14-15-35-41(6)20-17-32(29-10-12-30(13-11-29)38(49)50)40(4,5)34(41)18-21-43(35,8)42(33,7)23-24-44/h10-13,17,31,33-35,37H,2,9,14-16,18-27H2,1,3-8H3,(H,45,51)(H,47,48)(H,49,50)/t31-,33?,34?,35?,37?,41-,42+,43+,44-/m0/s1. The number of likely N-dealkylation sites (N-methyl/N-ethyl adjacent to an activating group) is 1. The number of aliphatic carboxylic acids is 1. The highest BCUT2D eigenvalue weighted by Crippen LogP contribution is 2.77. The topological polar surface area (TPSA) is 107 Å². The molecule has 6 rings (SSSR count). The molecular formula is C44H64N2O5. The number of nitrogens with one attached hydrogen (secondary N) is 1. The first-order valence-electron chi connectivity index (χ1n) is 19.9. The fraction of sp³-hybridized carbons (Fsp3) is 0.705. The van der Waals surface area contributed by atoms with Crippen molar-refractivity contribution in [3.05, 3.63) is 53.6 Å². The molecule has 51 heavy (non-hydrogen) atoms. The molecule has 0 spiro atoms. The van der Waals surface area contributed by atoms with E-state index >= 15 is 0 Å². The van der Waals surface area contributed by atoms with Crippen LogP contribution in [0.4, 0.5) is 0 Å². The molecule has 0 aliphatic heterocycles. The Labute approximate surface area is 306 Å². The zero-order valence-corrected chi connectivity index (χ0v) is 32.4. The Morgan fingerprint density at radius 3 is 2.22 bits per heavy atom. The van der Waals surface area contributed by atoms with E-state index in [1.54, 1.807) is 12.1 Å². The fourth-order valence-electron chi connectivity index (χ4n) is 13.6. The van der Waals surface area contributed by atoms with Crippen molar-refractivity contribution in [3.8, 4) is 0 Å². The average molecular weight is 701 g/mol. The van der Waals surface area contributed by atoms with Crippen LogP contribution in [-0.2, 0) is 9.59 Å². The Balaban J connectivity index is 1.26. The molecule has 1 amide bonds. The minimum Gasteiger partial charge on any atom is -0.481 e. The number of allylic oxidation sites excluding steroid dienone is 3. The maximum absolute atomic E-state index is 14.5. The first-order valence-corrected chi connectivity index (χ1v) is 19.9. The fourth-order valence-corrected chi connectivity index (χ4v) is 13.6. The minimum absolute atomic E-state index is 0.0336. The first-order chi connectivity index (χ1) is 24.0. The van der Waals surface area contributed by atoms with E-state index in [1.165, 1.54) is 30.4 Å². The number of carboxylic acid groups (broad SMARTS) is 2. The largest absolute Gasteiger partial charge is 0.481 e. The number of carbonyl (C=O) groups is 3. The van der Waals surface area contributed by atoms with Crippen LogP contribution < -0.4 is 5.32 Å². The third-order valence-electron chi connectivity index (χ3n) is 16.3. The monoisotopic (exact) mass is 700 g/mol. The second kappa shape index (κ2) is 13.5. The van der Waals surface area contributed by atoms with Crippen molar-refractivity contribution < 1.29 is 24.6 Å². The molecule has 0 bridgehead atoms. The molecule has 280 valence electrons. The van der Waals surface area contributed by atoms with Crippen molar-refractivity contribution in [2.45, 2.75) is 113 Å². The van der Waals surface area contributed by atoms with Gasteiger partial charge in [0, 0.05) is 19.6 Å². The molecule has 9 atom stereocenters. The number of hydrogen-bond acceptors (Lipinski definition) is 4. The second-order valence-corrected chi connectivity index (χ2v) is 18.6. The van der Waals surface area contributed by atoms with Gasteiger partial charge in [-0.3, -0.25) is 9.59 Å². The highest BCUT2D eigenvalue weighted by Gasteiger charge is 2.71. The normalized spacial score (nSPS) is 38.0. The van der Waals surface area contributed by atoms with Crippen LogP contribution >= 0.6 is 0 Å². The van der Waals surface area contributed by atoms with Crippen LogP contribution in [0.5, 0.6) is 0 Å². The second-order valence-electron chi connectivity index (χ2n) is 18.6. The quantitative estimate of drug-likeness (QED) is 0.199. The summed E-state index contributed by atoms with van der Waals surface area (Å²) in [6, 6.07) is 7.50. The van der Waals surface area contributed by atoms with Gasteiger partial charge in [-0.1, -0.05) is 71.9 Å². The Morgan fingerprint density at radius 1 is 0.882 bits per heavy atom. The molecule has 0 saturated heterocycles. The summed E-state index contributed by atoms with van der Waals surface area (Å²) in [6.07, 6.45) is 12.4. The molecule has 0 heterocycles. The maximum atomic E-state index is 14.5. The van der Waals surface area contributed by atoms with Gasteiger partial charge in [0.2, 0.25) is 5.91 Å². The van der Waals surface area contributed by atoms with Crippen LogP contribution in [0.25, 0.3) is 5.57 Å². The van der Waals surface area contributed by atoms with Crippen molar-refractivity contribution in [2.24, 2.45) is 56.7 Å². The molecule has 4 fully saturated rings. The molecule has 1 aromatic carbocycles. The van der Waals surface area contributed by atoms with Crippen LogP contribution in [0.3, 0.4) is 0 Å². The smallest absolute Gasteiger partial charge is 0.335 e. The number of carboxylic acids is 2. The van der Waals surface area contributed by atoms with E-state index in [0.29, 0.717) is 54.8 Å². The van der Waals surface area contributed by atoms with E-state index in [0.717, 1.165) is 50.6 Å². The lowest BCUT2D eigenvalue weighted by Gasteiger charge is -2.72. The van der Waals surface area contributed by atoms with Gasteiger partial charge >= 0.3 is 11.9 Å². The van der Waals surface area contributed by atoms with Crippen molar-refractivity contribution in [1.29, 1.82) is 0 Å². The molecule has 5 aliphatic rings. The third-order valence-corrected chi connectivity index (χ3v) is 16.3. The van der Waals surface area contributed by atoms with Crippen LogP contribution in [0.15, 0.2) is 42.5 Å². The number of fused-ring (bicyclic) bond motifs is 7. The van der Waals surface area contributed by atoms with E-state index in [-0.39, 0.29) is 39.4 Å². The van der Waals surface area contributed by atoms with E-state index < -0.39 is 11.9 Å². The molecule has 5 aliphatic carbocycles. The number of amides is 1. The van der Waals surface area contributed by atoms with Gasteiger partial charge in [0.05, 0.1) is 17.4 Å². The van der Waals surface area contributed by atoms with E-state index in [2.05, 4.69) is 64.4 Å². The molecule has 4 saturated carbocycles. The van der Waals surface area contributed by atoms with Gasteiger partial charge in [0.1, 0.15) is 0 Å². The molecular weight excluding hydrogens is 636 g/mol. The van der Waals surface area contributed by atoms with Gasteiger partial charge in [-0.05, 0) is 146 Å². The predicted molar refractivity (Wildman–Crippen MR) is 203 cm³/mol.